The van der Waals surface area contributed by atoms with Gasteiger partial charge in [0.2, 0.25) is 11.8 Å². The predicted octanol–water partition coefficient (Wildman–Crippen LogP) is 2.11. The number of benzene rings is 1. The molecule has 1 saturated heterocycles. The smallest absolute Gasteiger partial charge is 0.239 e. The number of carbonyl (C=O) groups is 2. The van der Waals surface area contributed by atoms with E-state index in [1.807, 2.05) is 42.5 Å². The van der Waals surface area contributed by atoms with E-state index in [1.54, 1.807) is 20.0 Å². The number of rotatable bonds is 6. The van der Waals surface area contributed by atoms with Gasteiger partial charge in [-0.2, -0.15) is 0 Å². The topological polar surface area (TPSA) is 77.6 Å². The maximum atomic E-state index is 12.7. The Morgan fingerprint density at radius 2 is 1.69 bits per heavy atom. The quantitative estimate of drug-likeness (QED) is 0.733. The molecule has 1 fully saturated rings. The van der Waals surface area contributed by atoms with Crippen molar-refractivity contribution in [2.75, 3.05) is 43.4 Å². The first-order chi connectivity index (χ1) is 13.9. The third-order valence-electron chi connectivity index (χ3n) is 5.29. The molecular weight excluding hydrogens is 366 g/mol. The number of likely N-dealkylation sites (N-methyl/N-ethyl adjacent to an activating group) is 1. The number of piperazine rings is 1. The summed E-state index contributed by atoms with van der Waals surface area (Å²) in [5.41, 5.74) is 1.36. The van der Waals surface area contributed by atoms with Crippen LogP contribution in [0.4, 0.5) is 11.4 Å². The number of hydrogen-bond acceptors (Lipinski definition) is 5. The van der Waals surface area contributed by atoms with Crippen molar-refractivity contribution in [1.82, 2.24) is 15.2 Å². The second kappa shape index (κ2) is 9.05. The molecular formula is C22H29N5O2. The Morgan fingerprint density at radius 3 is 2.31 bits per heavy atom. The average Bonchev–Trinajstić information content (AvgIpc) is 2.74. The summed E-state index contributed by atoms with van der Waals surface area (Å²) < 4.78 is 0. The molecule has 1 aromatic carbocycles. The first kappa shape index (κ1) is 20.8. The van der Waals surface area contributed by atoms with E-state index in [-0.39, 0.29) is 18.4 Å². The van der Waals surface area contributed by atoms with E-state index in [4.69, 9.17) is 0 Å². The molecule has 0 aliphatic carbocycles. The first-order valence-corrected chi connectivity index (χ1v) is 9.89. The van der Waals surface area contributed by atoms with Gasteiger partial charge in [-0.3, -0.25) is 14.6 Å². The van der Waals surface area contributed by atoms with Crippen molar-refractivity contribution >= 4 is 23.2 Å². The fourth-order valence-electron chi connectivity index (χ4n) is 3.11. The van der Waals surface area contributed by atoms with Crippen molar-refractivity contribution in [1.29, 1.82) is 0 Å². The van der Waals surface area contributed by atoms with Crippen LogP contribution in [0, 0.1) is 5.41 Å². The number of hydrogen-bond donors (Lipinski definition) is 2. The van der Waals surface area contributed by atoms with Crippen LogP contribution >= 0.6 is 0 Å². The van der Waals surface area contributed by atoms with Gasteiger partial charge in [-0.05, 0) is 57.3 Å². The normalized spacial score (nSPS) is 15.1. The summed E-state index contributed by atoms with van der Waals surface area (Å²) in [5.74, 6) is -0.682. The summed E-state index contributed by atoms with van der Waals surface area (Å²) in [6.07, 6.45) is 1.67. The van der Waals surface area contributed by atoms with Crippen molar-refractivity contribution in [3.05, 3.63) is 54.4 Å². The highest BCUT2D eigenvalue weighted by Crippen LogP contribution is 2.22. The molecule has 1 aliphatic heterocycles. The van der Waals surface area contributed by atoms with E-state index in [2.05, 4.69) is 32.5 Å². The number of aromatic nitrogens is 1. The zero-order valence-corrected chi connectivity index (χ0v) is 17.3. The number of nitrogens with one attached hydrogen (secondary N) is 2. The Kier molecular flexibility index (Phi) is 6.49. The number of nitrogens with zero attached hydrogens (tertiary/aromatic N) is 3. The predicted molar refractivity (Wildman–Crippen MR) is 115 cm³/mol. The van der Waals surface area contributed by atoms with Gasteiger partial charge >= 0.3 is 0 Å². The Hall–Kier alpha value is -2.93. The molecule has 0 spiro atoms. The van der Waals surface area contributed by atoms with Gasteiger partial charge in [-0.15, -0.1) is 0 Å². The minimum atomic E-state index is -1.20. The van der Waals surface area contributed by atoms with Gasteiger partial charge in [0.15, 0.2) is 0 Å². The summed E-state index contributed by atoms with van der Waals surface area (Å²) in [4.78, 5) is 34.1. The highest BCUT2D eigenvalue weighted by Gasteiger charge is 2.36. The Balaban J connectivity index is 1.55. The standard InChI is InChI=1S/C22H29N5O2/c1-22(2,20(28)24-16-18-6-4-5-11-23-18)21(29)25-17-7-9-19(10-8-17)27-14-12-26(3)13-15-27/h4-11H,12-16H2,1-3H3,(H,24,28)(H,25,29). The van der Waals surface area contributed by atoms with E-state index in [1.165, 1.54) is 0 Å². The second-order valence-corrected chi connectivity index (χ2v) is 7.92. The lowest BCUT2D eigenvalue weighted by Gasteiger charge is -2.34. The lowest BCUT2D eigenvalue weighted by Crippen LogP contribution is -2.45. The monoisotopic (exact) mass is 395 g/mol. The van der Waals surface area contributed by atoms with Gasteiger partial charge in [0.1, 0.15) is 5.41 Å². The first-order valence-electron chi connectivity index (χ1n) is 9.89. The molecule has 1 aromatic heterocycles. The fourth-order valence-corrected chi connectivity index (χ4v) is 3.11. The molecule has 154 valence electrons. The summed E-state index contributed by atoms with van der Waals surface area (Å²) in [7, 11) is 2.13. The molecule has 1 aliphatic rings. The van der Waals surface area contributed by atoms with Crippen LogP contribution in [-0.2, 0) is 16.1 Å². The molecule has 7 heteroatoms. The highest BCUT2D eigenvalue weighted by molar-refractivity contribution is 6.09. The van der Waals surface area contributed by atoms with Crippen LogP contribution in [0.5, 0.6) is 0 Å². The summed E-state index contributed by atoms with van der Waals surface area (Å²) in [5, 5.41) is 5.65. The van der Waals surface area contributed by atoms with Gasteiger partial charge in [0.05, 0.1) is 12.2 Å². The van der Waals surface area contributed by atoms with Crippen LogP contribution in [0.1, 0.15) is 19.5 Å². The van der Waals surface area contributed by atoms with Crippen LogP contribution in [0.25, 0.3) is 0 Å². The van der Waals surface area contributed by atoms with Gasteiger partial charge in [0.25, 0.3) is 0 Å². The highest BCUT2D eigenvalue weighted by atomic mass is 16.2. The van der Waals surface area contributed by atoms with E-state index < -0.39 is 5.41 Å². The van der Waals surface area contributed by atoms with Crippen LogP contribution in [-0.4, -0.2) is 54.9 Å². The lowest BCUT2D eigenvalue weighted by atomic mass is 9.91. The van der Waals surface area contributed by atoms with Gasteiger partial charge in [0, 0.05) is 43.8 Å². The van der Waals surface area contributed by atoms with Crippen LogP contribution < -0.4 is 15.5 Å². The molecule has 2 heterocycles. The van der Waals surface area contributed by atoms with Crippen molar-refractivity contribution < 1.29 is 9.59 Å². The molecule has 0 bridgehead atoms. The fraction of sp³-hybridized carbons (Fsp3) is 0.409. The minimum Gasteiger partial charge on any atom is -0.369 e. The van der Waals surface area contributed by atoms with Gasteiger partial charge in [-0.25, -0.2) is 0 Å². The van der Waals surface area contributed by atoms with Crippen LogP contribution in [0.15, 0.2) is 48.7 Å². The molecule has 0 unspecified atom stereocenters. The van der Waals surface area contributed by atoms with Gasteiger partial charge in [-0.1, -0.05) is 6.07 Å². The largest absolute Gasteiger partial charge is 0.369 e. The third kappa shape index (κ3) is 5.32. The summed E-state index contributed by atoms with van der Waals surface area (Å²) in [6.45, 7) is 7.59. The van der Waals surface area contributed by atoms with Crippen molar-refractivity contribution in [3.63, 3.8) is 0 Å². The Bertz CT molecular complexity index is 828. The summed E-state index contributed by atoms with van der Waals surface area (Å²) in [6, 6.07) is 13.3. The van der Waals surface area contributed by atoms with Crippen molar-refractivity contribution in [2.24, 2.45) is 5.41 Å². The average molecular weight is 396 g/mol. The van der Waals surface area contributed by atoms with E-state index in [0.29, 0.717) is 5.69 Å². The molecule has 0 radical (unpaired) electrons. The lowest BCUT2D eigenvalue weighted by molar-refractivity contribution is -0.138. The zero-order chi connectivity index (χ0) is 20.9. The third-order valence-corrected chi connectivity index (χ3v) is 5.29. The molecule has 2 aromatic rings. The number of anilines is 2. The minimum absolute atomic E-state index is 0.288. The zero-order valence-electron chi connectivity index (χ0n) is 17.3. The van der Waals surface area contributed by atoms with Crippen LogP contribution in [0.3, 0.4) is 0 Å². The maximum Gasteiger partial charge on any atom is 0.239 e. The maximum absolute atomic E-state index is 12.7. The number of pyridine rings is 1. The summed E-state index contributed by atoms with van der Waals surface area (Å²) >= 11 is 0. The van der Waals surface area contributed by atoms with Crippen molar-refractivity contribution in [2.45, 2.75) is 20.4 Å². The Labute approximate surface area is 172 Å². The molecule has 29 heavy (non-hydrogen) atoms. The van der Waals surface area contributed by atoms with E-state index >= 15 is 0 Å². The van der Waals surface area contributed by atoms with Crippen molar-refractivity contribution in [3.8, 4) is 0 Å². The molecule has 3 rings (SSSR count). The molecule has 2 N–H and O–H groups in total. The molecule has 2 amide bonds. The SMILES string of the molecule is CN1CCN(c2ccc(NC(=O)C(C)(C)C(=O)NCc3ccccn3)cc2)CC1. The molecule has 0 atom stereocenters. The van der Waals surface area contributed by atoms with Gasteiger partial charge < -0.3 is 20.4 Å². The van der Waals surface area contributed by atoms with E-state index in [0.717, 1.165) is 37.6 Å². The Morgan fingerprint density at radius 1 is 1.00 bits per heavy atom. The second-order valence-electron chi connectivity index (χ2n) is 7.92. The number of amides is 2. The van der Waals surface area contributed by atoms with E-state index in [9.17, 15) is 9.59 Å². The number of carbonyl (C=O) groups excluding carboxylic acids is 2. The molecule has 0 saturated carbocycles. The van der Waals surface area contributed by atoms with Crippen LogP contribution in [0.2, 0.25) is 0 Å². The molecule has 7 nitrogen and oxygen atoms in total.